The molecule has 1 rings (SSSR count). The first-order valence-electron chi connectivity index (χ1n) is 4.21. The van der Waals surface area contributed by atoms with Gasteiger partial charge >= 0.3 is 0 Å². The molecule has 1 N–H and O–H groups in total. The van der Waals surface area contributed by atoms with Crippen LogP contribution in [-0.2, 0) is 25.4 Å². The third-order valence-electron chi connectivity index (χ3n) is 1.77. The maximum absolute atomic E-state index is 11.1. The van der Waals surface area contributed by atoms with Gasteiger partial charge in [-0.2, -0.15) is 16.8 Å². The standard InChI is InChI=1S/C9H7NO5S2.ClH/c1-2-9(11)10-7-5-6(16(12)13)3-4-8(7)17(14)15;/h2-5H,1H2,(H,10,11);1H. The van der Waals surface area contributed by atoms with E-state index in [0.29, 0.717) is 0 Å². The average Bonchev–Trinajstić information content (AvgIpc) is 2.28. The van der Waals surface area contributed by atoms with Crippen LogP contribution >= 0.6 is 12.4 Å². The van der Waals surface area contributed by atoms with E-state index in [4.69, 9.17) is 0 Å². The minimum absolute atomic E-state index is 0. The Morgan fingerprint density at radius 1 is 1.17 bits per heavy atom. The number of halogens is 1. The normalized spacial score (nSPS) is 13.2. The summed E-state index contributed by atoms with van der Waals surface area (Å²) in [6.45, 7) is 3.20. The molecule has 6 nitrogen and oxygen atoms in total. The summed E-state index contributed by atoms with van der Waals surface area (Å²) in [5, 5.41) is 2.21. The van der Waals surface area contributed by atoms with E-state index in [1.54, 1.807) is 0 Å². The van der Waals surface area contributed by atoms with Crippen LogP contribution in [0.2, 0.25) is 0 Å². The quantitative estimate of drug-likeness (QED) is 0.535. The second kappa shape index (κ2) is 6.94. The summed E-state index contributed by atoms with van der Waals surface area (Å²) in [5.74, 6) is -0.634. The molecule has 98 valence electrons. The first-order valence-corrected chi connectivity index (χ1v) is 6.36. The Bertz CT molecular complexity index is 694. The first kappa shape index (κ1) is 16.4. The summed E-state index contributed by atoms with van der Waals surface area (Å²) in [4.78, 5) is 10.7. The molecule has 0 aromatic rings. The number of carbonyl (C=O) groups is 1. The molecular weight excluding hydrogens is 302 g/mol. The lowest BCUT2D eigenvalue weighted by atomic mass is 10.1. The van der Waals surface area contributed by atoms with E-state index in [-0.39, 0.29) is 27.8 Å². The Morgan fingerprint density at radius 3 is 2.22 bits per heavy atom. The molecule has 0 heterocycles. The van der Waals surface area contributed by atoms with Gasteiger partial charge in [0.15, 0.2) is 0 Å². The molecule has 0 aromatic carbocycles. The minimum Gasteiger partial charge on any atom is -0.321 e. The summed E-state index contributed by atoms with van der Waals surface area (Å²) in [6.07, 6.45) is 4.21. The first-order chi connectivity index (χ1) is 7.95. The van der Waals surface area contributed by atoms with E-state index >= 15 is 0 Å². The van der Waals surface area contributed by atoms with Crippen LogP contribution in [0.4, 0.5) is 0 Å². The van der Waals surface area contributed by atoms with Crippen molar-refractivity contribution >= 4 is 48.6 Å². The Balaban J connectivity index is 0.00000289. The summed E-state index contributed by atoms with van der Waals surface area (Å²) in [6, 6.07) is 0. The van der Waals surface area contributed by atoms with Gasteiger partial charge in [0.25, 0.3) is 0 Å². The molecule has 0 radical (unpaired) electrons. The molecule has 0 aliphatic heterocycles. The van der Waals surface area contributed by atoms with Crippen molar-refractivity contribution in [2.75, 3.05) is 0 Å². The number of hydrogen-bond acceptors (Lipinski definition) is 5. The van der Waals surface area contributed by atoms with Gasteiger partial charge in [0.1, 0.15) is 4.86 Å². The Morgan fingerprint density at radius 2 is 1.78 bits per heavy atom. The molecule has 1 amide bonds. The molecule has 0 saturated carbocycles. The number of hydrogen-bond donors (Lipinski definition) is 1. The van der Waals surface area contributed by atoms with Crippen molar-refractivity contribution < 1.29 is 21.6 Å². The number of rotatable bonds is 2. The molecule has 0 aromatic heterocycles. The van der Waals surface area contributed by atoms with Crippen LogP contribution in [-0.4, -0.2) is 32.5 Å². The minimum atomic E-state index is -2.58. The molecule has 9 heteroatoms. The van der Waals surface area contributed by atoms with Gasteiger partial charge in [-0.15, -0.1) is 12.4 Å². The third kappa shape index (κ3) is 3.99. The fourth-order valence-electron chi connectivity index (χ4n) is 1.04. The molecule has 0 saturated heterocycles. The second-order valence-corrected chi connectivity index (χ2v) is 4.67. The Labute approximate surface area is 112 Å². The average molecular weight is 310 g/mol. The van der Waals surface area contributed by atoms with Crippen molar-refractivity contribution in [3.8, 4) is 0 Å². The van der Waals surface area contributed by atoms with E-state index in [9.17, 15) is 21.6 Å². The third-order valence-corrected chi connectivity index (χ3v) is 3.12. The van der Waals surface area contributed by atoms with Gasteiger partial charge < -0.3 is 5.32 Å². The zero-order valence-electron chi connectivity index (χ0n) is 8.78. The van der Waals surface area contributed by atoms with Gasteiger partial charge in [0.05, 0.1) is 10.6 Å². The van der Waals surface area contributed by atoms with Crippen LogP contribution < -0.4 is 5.32 Å². The van der Waals surface area contributed by atoms with Crippen molar-refractivity contribution in [3.63, 3.8) is 0 Å². The van der Waals surface area contributed by atoms with Gasteiger partial charge in [-0.3, -0.25) is 4.79 Å². The molecule has 1 aliphatic carbocycles. The van der Waals surface area contributed by atoms with E-state index < -0.39 is 26.5 Å². The van der Waals surface area contributed by atoms with Crippen molar-refractivity contribution in [3.05, 3.63) is 36.6 Å². The van der Waals surface area contributed by atoms with Crippen molar-refractivity contribution in [1.82, 2.24) is 5.32 Å². The molecule has 0 spiro atoms. The largest absolute Gasteiger partial charge is 0.321 e. The van der Waals surface area contributed by atoms with Crippen LogP contribution in [0.5, 0.6) is 0 Å². The van der Waals surface area contributed by atoms with Crippen LogP contribution in [0, 0.1) is 0 Å². The predicted molar refractivity (Wildman–Crippen MR) is 70.7 cm³/mol. The number of carbonyl (C=O) groups excluding carboxylic acids is 1. The lowest BCUT2D eigenvalue weighted by molar-refractivity contribution is -0.115. The lowest BCUT2D eigenvalue weighted by Gasteiger charge is -2.08. The molecule has 0 bridgehead atoms. The predicted octanol–water partition coefficient (Wildman–Crippen LogP) is -0.733. The van der Waals surface area contributed by atoms with Crippen molar-refractivity contribution in [2.45, 2.75) is 0 Å². The number of amides is 1. The highest BCUT2D eigenvalue weighted by atomic mass is 35.5. The van der Waals surface area contributed by atoms with Gasteiger partial charge in [-0.25, -0.2) is 0 Å². The summed E-state index contributed by atoms with van der Waals surface area (Å²) in [7, 11) is -5.09. The lowest BCUT2D eigenvalue weighted by Crippen LogP contribution is -2.27. The number of allylic oxidation sites excluding steroid dienone is 3. The molecule has 0 unspecified atom stereocenters. The second-order valence-electron chi connectivity index (χ2n) is 2.82. The number of nitrogens with one attached hydrogen (secondary N) is 1. The van der Waals surface area contributed by atoms with Crippen molar-refractivity contribution in [1.29, 1.82) is 0 Å². The van der Waals surface area contributed by atoms with Gasteiger partial charge in [-0.05, 0) is 24.3 Å². The zero-order chi connectivity index (χ0) is 13.0. The summed E-state index contributed by atoms with van der Waals surface area (Å²) < 4.78 is 43.1. The molecular formula is C9H8ClNO5S2. The fourth-order valence-corrected chi connectivity index (χ4v) is 1.90. The van der Waals surface area contributed by atoms with Crippen LogP contribution in [0.15, 0.2) is 36.6 Å². The topological polar surface area (TPSA) is 97.4 Å². The highest BCUT2D eigenvalue weighted by molar-refractivity contribution is 7.74. The summed E-state index contributed by atoms with van der Waals surface area (Å²) >= 11 is 0. The van der Waals surface area contributed by atoms with E-state index in [0.717, 1.165) is 24.3 Å². The van der Waals surface area contributed by atoms with Gasteiger partial charge in [0.2, 0.25) is 26.5 Å². The molecule has 18 heavy (non-hydrogen) atoms. The van der Waals surface area contributed by atoms with Crippen LogP contribution in [0.1, 0.15) is 0 Å². The molecule has 0 fully saturated rings. The molecule has 1 aliphatic rings. The Kier molecular flexibility index (Phi) is 6.31. The van der Waals surface area contributed by atoms with Crippen LogP contribution in [0.25, 0.3) is 0 Å². The summed E-state index contributed by atoms with van der Waals surface area (Å²) in [5.41, 5.74) is -0.107. The Hall–Kier alpha value is -1.64. The van der Waals surface area contributed by atoms with E-state index in [1.807, 2.05) is 0 Å². The monoisotopic (exact) mass is 309 g/mol. The fraction of sp³-hybridized carbons (Fsp3) is 0. The van der Waals surface area contributed by atoms with Crippen LogP contribution in [0.3, 0.4) is 0 Å². The van der Waals surface area contributed by atoms with Gasteiger partial charge in [0, 0.05) is 0 Å². The molecule has 0 atom stereocenters. The maximum Gasteiger partial charge on any atom is 0.247 e. The maximum atomic E-state index is 11.1. The highest BCUT2D eigenvalue weighted by Crippen LogP contribution is 2.03. The van der Waals surface area contributed by atoms with Gasteiger partial charge in [-0.1, -0.05) is 6.58 Å². The van der Waals surface area contributed by atoms with Crippen molar-refractivity contribution in [2.24, 2.45) is 0 Å². The van der Waals surface area contributed by atoms with E-state index in [2.05, 4.69) is 11.9 Å². The zero-order valence-corrected chi connectivity index (χ0v) is 11.2. The highest BCUT2D eigenvalue weighted by Gasteiger charge is 2.14. The smallest absolute Gasteiger partial charge is 0.247 e. The SMILES string of the molecule is C=CC(=O)NC1=CC(=S(=O)=O)C=CC1=S(=O)=O.Cl. The van der Waals surface area contributed by atoms with E-state index in [1.165, 1.54) is 0 Å².